The highest BCUT2D eigenvalue weighted by Gasteiger charge is 2.22. The van der Waals surface area contributed by atoms with E-state index in [1.54, 1.807) is 23.9 Å². The maximum Gasteiger partial charge on any atom is 0.215 e. The molecule has 2 heterocycles. The monoisotopic (exact) mass is 310 g/mol. The third kappa shape index (κ3) is 2.27. The van der Waals surface area contributed by atoms with E-state index < -0.39 is 0 Å². The van der Waals surface area contributed by atoms with Crippen molar-refractivity contribution >= 4 is 21.7 Å². The molecule has 2 aromatic rings. The van der Waals surface area contributed by atoms with Gasteiger partial charge in [-0.3, -0.25) is 9.48 Å². The lowest BCUT2D eigenvalue weighted by Crippen LogP contribution is -2.12. The molecule has 0 aliphatic rings. The zero-order valence-electron chi connectivity index (χ0n) is 10.7. The fraction of sp³-hybridized carbons (Fsp3) is 0.385. The summed E-state index contributed by atoms with van der Waals surface area (Å²) in [6, 6.07) is 1.77. The van der Waals surface area contributed by atoms with Gasteiger partial charge in [-0.25, -0.2) is 0 Å². The lowest BCUT2D eigenvalue weighted by molar-refractivity contribution is 0.102. The van der Waals surface area contributed by atoms with Gasteiger partial charge in [0.05, 0.1) is 16.2 Å². The van der Waals surface area contributed by atoms with Crippen LogP contribution in [0.25, 0.3) is 0 Å². The maximum absolute atomic E-state index is 12.5. The van der Waals surface area contributed by atoms with Crippen LogP contribution in [-0.4, -0.2) is 15.6 Å². The van der Waals surface area contributed by atoms with E-state index in [1.165, 1.54) is 0 Å². The van der Waals surface area contributed by atoms with Gasteiger partial charge in [-0.2, -0.15) is 5.10 Å². The molecule has 0 unspecified atom stereocenters. The van der Waals surface area contributed by atoms with Gasteiger partial charge in [0.1, 0.15) is 17.2 Å². The van der Waals surface area contributed by atoms with E-state index in [4.69, 9.17) is 4.42 Å². The number of nitrogens with zero attached hydrogens (tertiary/aromatic N) is 2. The molecule has 96 valence electrons. The molecule has 2 rings (SSSR count). The number of ketones is 1. The van der Waals surface area contributed by atoms with Crippen LogP contribution in [-0.2, 0) is 6.54 Å². The Kier molecular flexibility index (Phi) is 3.71. The molecule has 0 aliphatic heterocycles. The van der Waals surface area contributed by atoms with Crippen molar-refractivity contribution in [3.05, 3.63) is 39.5 Å². The number of rotatable bonds is 4. The molecule has 0 radical (unpaired) electrons. The highest BCUT2D eigenvalue weighted by atomic mass is 79.9. The molecule has 0 atom stereocenters. The van der Waals surface area contributed by atoms with Gasteiger partial charge in [-0.05, 0) is 42.3 Å². The lowest BCUT2D eigenvalue weighted by Gasteiger charge is -2.05. The van der Waals surface area contributed by atoms with E-state index in [-0.39, 0.29) is 5.78 Å². The summed E-state index contributed by atoms with van der Waals surface area (Å²) in [5.74, 6) is 1.34. The Labute approximate surface area is 114 Å². The highest BCUT2D eigenvalue weighted by Crippen LogP contribution is 2.23. The molecule has 2 aromatic heterocycles. The van der Waals surface area contributed by atoms with Crippen LogP contribution in [0.2, 0.25) is 0 Å². The molecule has 0 saturated heterocycles. The average molecular weight is 311 g/mol. The van der Waals surface area contributed by atoms with Crippen LogP contribution in [0, 0.1) is 13.8 Å². The summed E-state index contributed by atoms with van der Waals surface area (Å²) in [4.78, 5) is 12.5. The molecular formula is C13H15BrN2O2. The topological polar surface area (TPSA) is 48.0 Å². The number of aryl methyl sites for hydroxylation is 3. The van der Waals surface area contributed by atoms with Gasteiger partial charge in [0.2, 0.25) is 5.78 Å². The first-order chi connectivity index (χ1) is 8.54. The van der Waals surface area contributed by atoms with Crippen molar-refractivity contribution in [1.29, 1.82) is 0 Å². The van der Waals surface area contributed by atoms with E-state index in [1.807, 2.05) is 6.92 Å². The van der Waals surface area contributed by atoms with Crippen LogP contribution in [0.4, 0.5) is 0 Å². The standard InChI is InChI=1S/C13H15BrN2O2/c1-4-5-16-12(11(14)7-15-16)13(17)10-6-8(2)18-9(10)3/h6-7H,4-5H2,1-3H3. The van der Waals surface area contributed by atoms with E-state index in [0.29, 0.717) is 17.0 Å². The van der Waals surface area contributed by atoms with Gasteiger partial charge >= 0.3 is 0 Å². The summed E-state index contributed by atoms with van der Waals surface area (Å²) in [5.41, 5.74) is 1.19. The molecule has 0 spiro atoms. The highest BCUT2D eigenvalue weighted by molar-refractivity contribution is 9.10. The van der Waals surface area contributed by atoms with Crippen molar-refractivity contribution in [2.75, 3.05) is 0 Å². The largest absolute Gasteiger partial charge is 0.466 e. The number of furan rings is 1. The van der Waals surface area contributed by atoms with E-state index >= 15 is 0 Å². The lowest BCUT2D eigenvalue weighted by atomic mass is 10.1. The summed E-state index contributed by atoms with van der Waals surface area (Å²) in [5, 5.41) is 4.21. The van der Waals surface area contributed by atoms with Gasteiger partial charge in [-0.15, -0.1) is 0 Å². The molecule has 0 saturated carbocycles. The first-order valence-electron chi connectivity index (χ1n) is 5.87. The summed E-state index contributed by atoms with van der Waals surface area (Å²) in [7, 11) is 0. The number of halogens is 1. The number of carbonyl (C=O) groups is 1. The van der Waals surface area contributed by atoms with Gasteiger partial charge in [0.25, 0.3) is 0 Å². The van der Waals surface area contributed by atoms with E-state index in [2.05, 4.69) is 28.0 Å². The van der Waals surface area contributed by atoms with Gasteiger partial charge < -0.3 is 4.42 Å². The van der Waals surface area contributed by atoms with Crippen molar-refractivity contribution in [1.82, 2.24) is 9.78 Å². The van der Waals surface area contributed by atoms with Gasteiger partial charge in [0, 0.05) is 6.54 Å². The molecule has 0 fully saturated rings. The quantitative estimate of drug-likeness (QED) is 0.812. The molecule has 0 aliphatic carbocycles. The van der Waals surface area contributed by atoms with Crippen LogP contribution >= 0.6 is 15.9 Å². The Morgan fingerprint density at radius 1 is 1.50 bits per heavy atom. The van der Waals surface area contributed by atoms with Crippen molar-refractivity contribution in [2.45, 2.75) is 33.7 Å². The van der Waals surface area contributed by atoms with Crippen molar-refractivity contribution < 1.29 is 9.21 Å². The normalized spacial score (nSPS) is 10.9. The Bertz CT molecular complexity index is 584. The minimum atomic E-state index is -0.0535. The third-order valence-corrected chi connectivity index (χ3v) is 3.31. The molecule has 0 N–H and O–H groups in total. The number of hydrogen-bond donors (Lipinski definition) is 0. The van der Waals surface area contributed by atoms with Crippen LogP contribution in [0.3, 0.4) is 0 Å². The maximum atomic E-state index is 12.5. The van der Waals surface area contributed by atoms with E-state index in [0.717, 1.165) is 23.2 Å². The number of aromatic nitrogens is 2. The van der Waals surface area contributed by atoms with Gasteiger partial charge in [0.15, 0.2) is 0 Å². The second-order valence-corrected chi connectivity index (χ2v) is 5.07. The zero-order valence-corrected chi connectivity index (χ0v) is 12.2. The Morgan fingerprint density at radius 3 is 2.78 bits per heavy atom. The Balaban J connectivity index is 2.45. The minimum Gasteiger partial charge on any atom is -0.466 e. The second-order valence-electron chi connectivity index (χ2n) is 4.22. The zero-order chi connectivity index (χ0) is 13.3. The summed E-state index contributed by atoms with van der Waals surface area (Å²) < 4.78 is 7.86. The smallest absolute Gasteiger partial charge is 0.215 e. The molecule has 0 aromatic carbocycles. The molecule has 4 nitrogen and oxygen atoms in total. The predicted octanol–water partition coefficient (Wildman–Crippen LogP) is 3.50. The van der Waals surface area contributed by atoms with E-state index in [9.17, 15) is 4.79 Å². The molecule has 0 bridgehead atoms. The van der Waals surface area contributed by atoms with Gasteiger partial charge in [-0.1, -0.05) is 6.92 Å². The molecule has 0 amide bonds. The third-order valence-electron chi connectivity index (χ3n) is 2.73. The first kappa shape index (κ1) is 13.1. The van der Waals surface area contributed by atoms with Crippen LogP contribution < -0.4 is 0 Å². The number of carbonyl (C=O) groups excluding carboxylic acids is 1. The second kappa shape index (κ2) is 5.10. The molecule has 18 heavy (non-hydrogen) atoms. The number of hydrogen-bond acceptors (Lipinski definition) is 3. The van der Waals surface area contributed by atoms with Crippen molar-refractivity contribution in [2.24, 2.45) is 0 Å². The predicted molar refractivity (Wildman–Crippen MR) is 71.8 cm³/mol. The van der Waals surface area contributed by atoms with Crippen LogP contribution in [0.1, 0.15) is 40.9 Å². The van der Waals surface area contributed by atoms with Crippen LogP contribution in [0.5, 0.6) is 0 Å². The van der Waals surface area contributed by atoms with Crippen LogP contribution in [0.15, 0.2) is 21.2 Å². The summed E-state index contributed by atoms with van der Waals surface area (Å²) in [6.45, 7) is 6.41. The Hall–Kier alpha value is -1.36. The first-order valence-corrected chi connectivity index (χ1v) is 6.67. The van der Waals surface area contributed by atoms with Crippen molar-refractivity contribution in [3.63, 3.8) is 0 Å². The summed E-state index contributed by atoms with van der Waals surface area (Å²) >= 11 is 3.38. The SMILES string of the molecule is CCCn1ncc(Br)c1C(=O)c1cc(C)oc1C. The molecule has 5 heteroatoms. The fourth-order valence-electron chi connectivity index (χ4n) is 1.95. The Morgan fingerprint density at radius 2 is 2.22 bits per heavy atom. The van der Waals surface area contributed by atoms with Crippen molar-refractivity contribution in [3.8, 4) is 0 Å². The summed E-state index contributed by atoms with van der Waals surface area (Å²) in [6.07, 6.45) is 2.59. The minimum absolute atomic E-state index is 0.0535. The average Bonchev–Trinajstić information content (AvgIpc) is 2.82. The molecular weight excluding hydrogens is 296 g/mol. The fourth-order valence-corrected chi connectivity index (χ4v) is 2.43.